The molecule has 7 nitrogen and oxygen atoms in total. The maximum atomic E-state index is 12.3. The molecular formula is C25H32N2O5. The van der Waals surface area contributed by atoms with Crippen LogP contribution in [0.5, 0.6) is 11.5 Å². The number of anilines is 1. The van der Waals surface area contributed by atoms with Crippen molar-refractivity contribution in [3.63, 3.8) is 0 Å². The molecule has 172 valence electrons. The Hall–Kier alpha value is -3.32. The molecule has 7 heteroatoms. The van der Waals surface area contributed by atoms with Crippen LogP contribution in [-0.4, -0.2) is 55.9 Å². The van der Waals surface area contributed by atoms with E-state index in [0.717, 1.165) is 31.7 Å². The number of carbonyl (C=O) groups is 2. The average Bonchev–Trinajstić information content (AvgIpc) is 2.79. The number of benzene rings is 2. The molecule has 0 saturated heterocycles. The van der Waals surface area contributed by atoms with Crippen molar-refractivity contribution in [1.82, 2.24) is 4.90 Å². The number of carbonyl (C=O) groups excluding carboxylic acids is 1. The predicted molar refractivity (Wildman–Crippen MR) is 126 cm³/mol. The van der Waals surface area contributed by atoms with Gasteiger partial charge >= 0.3 is 12.1 Å². The van der Waals surface area contributed by atoms with Gasteiger partial charge < -0.3 is 19.5 Å². The number of ether oxygens (including phenoxy) is 2. The molecule has 1 N–H and O–H groups in total. The Kier molecular flexibility index (Phi) is 10.3. The van der Waals surface area contributed by atoms with Gasteiger partial charge in [0.2, 0.25) is 0 Å². The van der Waals surface area contributed by atoms with E-state index in [1.807, 2.05) is 18.2 Å². The zero-order valence-corrected chi connectivity index (χ0v) is 18.8. The van der Waals surface area contributed by atoms with E-state index in [4.69, 9.17) is 14.6 Å². The number of nitrogens with zero attached hydrogens (tertiary/aromatic N) is 2. The lowest BCUT2D eigenvalue weighted by atomic mass is 10.2. The van der Waals surface area contributed by atoms with Gasteiger partial charge in [-0.1, -0.05) is 18.9 Å². The second-order valence-corrected chi connectivity index (χ2v) is 7.56. The fraction of sp³-hybridized carbons (Fsp3) is 0.360. The predicted octanol–water partition coefficient (Wildman–Crippen LogP) is 5.08. The molecule has 0 aliphatic heterocycles. The average molecular weight is 441 g/mol. The number of aromatic carboxylic acids is 1. The van der Waals surface area contributed by atoms with E-state index >= 15 is 0 Å². The van der Waals surface area contributed by atoms with Gasteiger partial charge in [-0.2, -0.15) is 0 Å². The number of rotatable bonds is 13. The SMILES string of the molecule is C=CCN(C)CCCCCCOc1ccc(N(C)C(=O)Oc2ccc(C(=O)O)cc2)cc1. The zero-order valence-electron chi connectivity index (χ0n) is 18.8. The first kappa shape index (κ1) is 24.9. The highest BCUT2D eigenvalue weighted by Gasteiger charge is 2.14. The molecular weight excluding hydrogens is 408 g/mol. The topological polar surface area (TPSA) is 79.3 Å². The molecule has 0 aromatic heterocycles. The summed E-state index contributed by atoms with van der Waals surface area (Å²) in [4.78, 5) is 26.9. The minimum absolute atomic E-state index is 0.130. The standard InChI is InChI=1S/C25H32N2O5/c1-4-17-26(2)18-7-5-6-8-19-31-22-15-11-21(12-16-22)27(3)25(30)32-23-13-9-20(10-14-23)24(28)29/h4,9-16H,1,5-8,17-19H2,2-3H3,(H,28,29). The molecule has 2 aromatic rings. The molecule has 0 spiro atoms. The van der Waals surface area contributed by atoms with Gasteiger partial charge in [0.25, 0.3) is 0 Å². The van der Waals surface area contributed by atoms with Gasteiger partial charge in [-0.3, -0.25) is 4.90 Å². The number of likely N-dealkylation sites (N-methyl/N-ethyl adjacent to an activating group) is 1. The Morgan fingerprint density at radius 3 is 2.19 bits per heavy atom. The van der Waals surface area contributed by atoms with Crippen LogP contribution in [0, 0.1) is 0 Å². The summed E-state index contributed by atoms with van der Waals surface area (Å²) >= 11 is 0. The maximum Gasteiger partial charge on any atom is 0.419 e. The van der Waals surface area contributed by atoms with Crippen molar-refractivity contribution in [2.75, 3.05) is 38.7 Å². The van der Waals surface area contributed by atoms with E-state index in [1.54, 1.807) is 19.2 Å². The number of amides is 1. The van der Waals surface area contributed by atoms with E-state index in [1.165, 1.54) is 42.0 Å². The lowest BCUT2D eigenvalue weighted by Gasteiger charge is -2.17. The van der Waals surface area contributed by atoms with Gasteiger partial charge in [0.15, 0.2) is 0 Å². The molecule has 0 fully saturated rings. The summed E-state index contributed by atoms with van der Waals surface area (Å²) in [7, 11) is 3.71. The molecule has 0 unspecified atom stereocenters. The number of hydrogen-bond donors (Lipinski definition) is 1. The van der Waals surface area contributed by atoms with Crippen LogP contribution in [0.2, 0.25) is 0 Å². The summed E-state index contributed by atoms with van der Waals surface area (Å²) in [6, 6.07) is 12.9. The molecule has 2 aromatic carbocycles. The van der Waals surface area contributed by atoms with Crippen molar-refractivity contribution < 1.29 is 24.2 Å². The van der Waals surface area contributed by atoms with E-state index in [9.17, 15) is 9.59 Å². The van der Waals surface area contributed by atoms with Gasteiger partial charge in [-0.05, 0) is 75.0 Å². The third-order valence-corrected chi connectivity index (χ3v) is 4.95. The smallest absolute Gasteiger partial charge is 0.419 e. The van der Waals surface area contributed by atoms with E-state index in [0.29, 0.717) is 12.3 Å². The lowest BCUT2D eigenvalue weighted by molar-refractivity contribution is 0.0697. The molecule has 0 atom stereocenters. The van der Waals surface area contributed by atoms with E-state index < -0.39 is 12.1 Å². The molecule has 0 heterocycles. The van der Waals surface area contributed by atoms with Crippen LogP contribution in [-0.2, 0) is 0 Å². The molecule has 0 bridgehead atoms. The highest BCUT2D eigenvalue weighted by atomic mass is 16.6. The largest absolute Gasteiger partial charge is 0.494 e. The van der Waals surface area contributed by atoms with Crippen LogP contribution in [0.3, 0.4) is 0 Å². The van der Waals surface area contributed by atoms with Gasteiger partial charge in [-0.25, -0.2) is 9.59 Å². The first-order valence-electron chi connectivity index (χ1n) is 10.7. The second kappa shape index (κ2) is 13.2. The van der Waals surface area contributed by atoms with Crippen LogP contribution in [0.4, 0.5) is 10.5 Å². The molecule has 0 aliphatic rings. The summed E-state index contributed by atoms with van der Waals surface area (Å²) in [6.45, 7) is 6.41. The van der Waals surface area contributed by atoms with Crippen LogP contribution in [0.25, 0.3) is 0 Å². The lowest BCUT2D eigenvalue weighted by Crippen LogP contribution is -2.29. The van der Waals surface area contributed by atoms with E-state index in [2.05, 4.69) is 18.5 Å². The third-order valence-electron chi connectivity index (χ3n) is 4.95. The van der Waals surface area contributed by atoms with Crippen molar-refractivity contribution in [2.24, 2.45) is 0 Å². The van der Waals surface area contributed by atoms with Gasteiger partial charge in [0.05, 0.1) is 12.2 Å². The van der Waals surface area contributed by atoms with Crippen LogP contribution >= 0.6 is 0 Å². The monoisotopic (exact) mass is 440 g/mol. The van der Waals surface area contributed by atoms with Crippen LogP contribution in [0.1, 0.15) is 36.0 Å². The molecule has 2 rings (SSSR count). The van der Waals surface area contributed by atoms with Crippen LogP contribution < -0.4 is 14.4 Å². The van der Waals surface area contributed by atoms with E-state index in [-0.39, 0.29) is 11.3 Å². The fourth-order valence-electron chi connectivity index (χ4n) is 3.05. The first-order chi connectivity index (χ1) is 15.4. The summed E-state index contributed by atoms with van der Waals surface area (Å²) in [5, 5.41) is 8.92. The van der Waals surface area contributed by atoms with Crippen molar-refractivity contribution in [2.45, 2.75) is 25.7 Å². The summed E-state index contributed by atoms with van der Waals surface area (Å²) < 4.78 is 11.1. The number of carboxylic acids is 1. The molecule has 1 amide bonds. The Balaban J connectivity index is 1.71. The molecule has 0 aliphatic carbocycles. The highest BCUT2D eigenvalue weighted by molar-refractivity contribution is 5.89. The molecule has 0 saturated carbocycles. The Bertz CT molecular complexity index is 865. The van der Waals surface area contributed by atoms with Gasteiger partial charge in [0, 0.05) is 19.3 Å². The number of carboxylic acid groups (broad SMARTS) is 1. The summed E-state index contributed by atoms with van der Waals surface area (Å²) in [5.41, 5.74) is 0.790. The molecule has 32 heavy (non-hydrogen) atoms. The second-order valence-electron chi connectivity index (χ2n) is 7.56. The first-order valence-corrected chi connectivity index (χ1v) is 10.7. The highest BCUT2D eigenvalue weighted by Crippen LogP contribution is 2.21. The summed E-state index contributed by atoms with van der Waals surface area (Å²) in [6.07, 6.45) is 5.82. The van der Waals surface area contributed by atoms with Crippen LogP contribution in [0.15, 0.2) is 61.2 Å². The Morgan fingerprint density at radius 1 is 0.938 bits per heavy atom. The maximum absolute atomic E-state index is 12.3. The number of unbranched alkanes of at least 4 members (excludes halogenated alkanes) is 3. The Morgan fingerprint density at radius 2 is 1.56 bits per heavy atom. The number of hydrogen-bond acceptors (Lipinski definition) is 5. The van der Waals surface area contributed by atoms with Crippen molar-refractivity contribution in [1.29, 1.82) is 0 Å². The molecule has 0 radical (unpaired) electrons. The third kappa shape index (κ3) is 8.43. The van der Waals surface area contributed by atoms with Gasteiger partial charge in [0.1, 0.15) is 11.5 Å². The Labute approximate surface area is 189 Å². The van der Waals surface area contributed by atoms with Crippen molar-refractivity contribution >= 4 is 17.7 Å². The van der Waals surface area contributed by atoms with Crippen molar-refractivity contribution in [3.05, 3.63) is 66.7 Å². The van der Waals surface area contributed by atoms with Crippen molar-refractivity contribution in [3.8, 4) is 11.5 Å². The quantitative estimate of drug-likeness (QED) is 0.346. The van der Waals surface area contributed by atoms with Gasteiger partial charge in [-0.15, -0.1) is 6.58 Å². The fourth-order valence-corrected chi connectivity index (χ4v) is 3.05. The minimum Gasteiger partial charge on any atom is -0.494 e. The normalized spacial score (nSPS) is 10.6. The minimum atomic E-state index is -1.03. The zero-order chi connectivity index (χ0) is 23.3. The summed E-state index contributed by atoms with van der Waals surface area (Å²) in [5.74, 6) is -0.000893.